The third-order valence-electron chi connectivity index (χ3n) is 5.60. The molecular formula is C21H22N4O6S. The topological polar surface area (TPSA) is 126 Å². The van der Waals surface area contributed by atoms with Crippen molar-refractivity contribution in [3.63, 3.8) is 0 Å². The number of sulfonamides is 1. The second kappa shape index (κ2) is 8.24. The maximum absolute atomic E-state index is 12.9. The molecule has 0 aliphatic carbocycles. The maximum Gasteiger partial charge on any atom is 0.270 e. The first-order valence-corrected chi connectivity index (χ1v) is 11.4. The van der Waals surface area contributed by atoms with Gasteiger partial charge in [-0.1, -0.05) is 6.07 Å². The summed E-state index contributed by atoms with van der Waals surface area (Å²) in [6, 6.07) is 10.6. The highest BCUT2D eigenvalue weighted by Crippen LogP contribution is 2.27. The molecule has 2 heterocycles. The molecule has 1 aromatic heterocycles. The number of piperazine rings is 1. The van der Waals surface area contributed by atoms with Gasteiger partial charge in [0.15, 0.2) is 0 Å². The first kappa shape index (κ1) is 21.8. The van der Waals surface area contributed by atoms with Crippen molar-refractivity contribution in [2.45, 2.75) is 18.4 Å². The molecule has 0 atom stereocenters. The Labute approximate surface area is 184 Å². The zero-order chi connectivity index (χ0) is 23.0. The number of phenols is 1. The molecular weight excluding hydrogens is 436 g/mol. The predicted octanol–water partition coefficient (Wildman–Crippen LogP) is 2.10. The molecule has 168 valence electrons. The van der Waals surface area contributed by atoms with E-state index in [-0.39, 0.29) is 55.0 Å². The lowest BCUT2D eigenvalue weighted by Crippen LogP contribution is -2.51. The average Bonchev–Trinajstić information content (AvgIpc) is 3.17. The summed E-state index contributed by atoms with van der Waals surface area (Å²) in [5.74, 6) is -0.467. The summed E-state index contributed by atoms with van der Waals surface area (Å²) in [4.78, 5) is 24.7. The van der Waals surface area contributed by atoms with E-state index >= 15 is 0 Å². The quantitative estimate of drug-likeness (QED) is 0.461. The summed E-state index contributed by atoms with van der Waals surface area (Å²) < 4.78 is 28.8. The molecule has 4 rings (SSSR count). The molecule has 3 aromatic rings. The Bertz CT molecular complexity index is 1310. The summed E-state index contributed by atoms with van der Waals surface area (Å²) in [5.41, 5.74) is 1.41. The van der Waals surface area contributed by atoms with Gasteiger partial charge in [-0.2, -0.15) is 4.31 Å². The van der Waals surface area contributed by atoms with Crippen molar-refractivity contribution in [2.24, 2.45) is 0 Å². The highest BCUT2D eigenvalue weighted by Gasteiger charge is 2.32. The van der Waals surface area contributed by atoms with Crippen LogP contribution in [0.1, 0.15) is 5.56 Å². The number of nitro benzene ring substituents is 1. The molecule has 0 bridgehead atoms. The molecule has 2 aromatic carbocycles. The van der Waals surface area contributed by atoms with Crippen LogP contribution in [0.5, 0.6) is 5.75 Å². The van der Waals surface area contributed by atoms with Gasteiger partial charge in [0.05, 0.1) is 4.92 Å². The largest absolute Gasteiger partial charge is 0.507 e. The van der Waals surface area contributed by atoms with E-state index in [0.29, 0.717) is 10.9 Å². The number of aryl methyl sites for hydroxylation is 1. The number of nitro groups is 1. The van der Waals surface area contributed by atoms with Crippen LogP contribution in [0.15, 0.2) is 53.6 Å². The standard InChI is InChI=1S/C21H22N4O6S/c1-15-2-5-19(26)20(12-15)32(30,31)24-10-8-22(9-11-24)21(27)14-23-7-6-16-13-17(25(28)29)3-4-18(16)23/h2-7,12-13,26H,8-11,14H2,1H3. The van der Waals surface area contributed by atoms with Gasteiger partial charge in [0.25, 0.3) is 5.69 Å². The highest BCUT2D eigenvalue weighted by atomic mass is 32.2. The van der Waals surface area contributed by atoms with Crippen molar-refractivity contribution in [3.05, 3.63) is 64.3 Å². The summed E-state index contributed by atoms with van der Waals surface area (Å²) in [6.07, 6.45) is 1.70. The van der Waals surface area contributed by atoms with E-state index in [1.807, 2.05) is 0 Å². The molecule has 1 fully saturated rings. The van der Waals surface area contributed by atoms with Crippen LogP contribution in [-0.2, 0) is 21.4 Å². The average molecular weight is 458 g/mol. The first-order valence-electron chi connectivity index (χ1n) is 9.97. The Hall–Kier alpha value is -3.44. The lowest BCUT2D eigenvalue weighted by atomic mass is 10.2. The molecule has 11 heteroatoms. The molecule has 0 radical (unpaired) electrons. The van der Waals surface area contributed by atoms with Crippen LogP contribution in [0, 0.1) is 17.0 Å². The number of hydrogen-bond donors (Lipinski definition) is 1. The number of nitrogens with zero attached hydrogens (tertiary/aromatic N) is 4. The van der Waals surface area contributed by atoms with E-state index in [4.69, 9.17) is 0 Å². The van der Waals surface area contributed by atoms with Gasteiger partial charge in [-0.3, -0.25) is 14.9 Å². The second-order valence-corrected chi connectivity index (χ2v) is 9.61. The molecule has 10 nitrogen and oxygen atoms in total. The monoisotopic (exact) mass is 458 g/mol. The Balaban J connectivity index is 1.43. The summed E-state index contributed by atoms with van der Waals surface area (Å²) >= 11 is 0. The van der Waals surface area contributed by atoms with Crippen LogP contribution in [0.3, 0.4) is 0 Å². The fourth-order valence-electron chi connectivity index (χ4n) is 3.83. The molecule has 1 N–H and O–H groups in total. The minimum Gasteiger partial charge on any atom is -0.507 e. The number of rotatable bonds is 5. The van der Waals surface area contributed by atoms with E-state index in [2.05, 4.69) is 0 Å². The number of carbonyl (C=O) groups excluding carboxylic acids is 1. The van der Waals surface area contributed by atoms with Crippen molar-refractivity contribution >= 4 is 32.5 Å². The number of amides is 1. The number of benzene rings is 2. The molecule has 1 aliphatic rings. The summed E-state index contributed by atoms with van der Waals surface area (Å²) in [5, 5.41) is 21.6. The zero-order valence-electron chi connectivity index (χ0n) is 17.3. The molecule has 1 saturated heterocycles. The van der Waals surface area contributed by atoms with Gasteiger partial charge < -0.3 is 14.6 Å². The maximum atomic E-state index is 12.9. The minimum atomic E-state index is -3.87. The van der Waals surface area contributed by atoms with Gasteiger partial charge in [0.1, 0.15) is 17.2 Å². The zero-order valence-corrected chi connectivity index (χ0v) is 18.2. The lowest BCUT2D eigenvalue weighted by molar-refractivity contribution is -0.384. The molecule has 1 amide bonds. The second-order valence-electron chi connectivity index (χ2n) is 7.70. The number of fused-ring (bicyclic) bond motifs is 1. The van der Waals surface area contributed by atoms with Crippen LogP contribution in [0.4, 0.5) is 5.69 Å². The van der Waals surface area contributed by atoms with Gasteiger partial charge in [-0.05, 0) is 36.8 Å². The van der Waals surface area contributed by atoms with Crippen molar-refractivity contribution in [2.75, 3.05) is 26.2 Å². The molecule has 0 unspecified atom stereocenters. The third-order valence-corrected chi connectivity index (χ3v) is 7.52. The number of phenolic OH excluding ortho intramolecular Hbond substituents is 1. The predicted molar refractivity (Wildman–Crippen MR) is 117 cm³/mol. The molecule has 1 aliphatic heterocycles. The fraction of sp³-hybridized carbons (Fsp3) is 0.286. The van der Waals surface area contributed by atoms with E-state index in [9.17, 15) is 28.4 Å². The lowest BCUT2D eigenvalue weighted by Gasteiger charge is -2.34. The minimum absolute atomic E-state index is 0.0152. The van der Waals surface area contributed by atoms with Crippen LogP contribution in [0.2, 0.25) is 0 Å². The first-order chi connectivity index (χ1) is 15.2. The number of carbonyl (C=O) groups is 1. The summed E-state index contributed by atoms with van der Waals surface area (Å²) in [7, 11) is -3.87. The molecule has 32 heavy (non-hydrogen) atoms. The van der Waals surface area contributed by atoms with Gasteiger partial charge in [-0.15, -0.1) is 0 Å². The molecule has 0 spiro atoms. The smallest absolute Gasteiger partial charge is 0.270 e. The Morgan fingerprint density at radius 3 is 2.50 bits per heavy atom. The van der Waals surface area contributed by atoms with Crippen molar-refractivity contribution < 1.29 is 23.2 Å². The van der Waals surface area contributed by atoms with E-state index in [1.165, 1.54) is 28.6 Å². The number of non-ortho nitro benzene ring substituents is 1. The van der Waals surface area contributed by atoms with E-state index < -0.39 is 14.9 Å². The van der Waals surface area contributed by atoms with Gasteiger partial charge in [0, 0.05) is 55.4 Å². The Morgan fingerprint density at radius 1 is 1.09 bits per heavy atom. The van der Waals surface area contributed by atoms with Crippen LogP contribution >= 0.6 is 0 Å². The van der Waals surface area contributed by atoms with Crippen LogP contribution in [0.25, 0.3) is 10.9 Å². The van der Waals surface area contributed by atoms with Crippen LogP contribution < -0.4 is 0 Å². The van der Waals surface area contributed by atoms with Gasteiger partial charge in [-0.25, -0.2) is 8.42 Å². The van der Waals surface area contributed by atoms with E-state index in [1.54, 1.807) is 40.8 Å². The van der Waals surface area contributed by atoms with Gasteiger partial charge in [0.2, 0.25) is 15.9 Å². The van der Waals surface area contributed by atoms with Crippen molar-refractivity contribution in [1.29, 1.82) is 0 Å². The number of aromatic hydroxyl groups is 1. The normalized spacial score (nSPS) is 15.2. The SMILES string of the molecule is Cc1ccc(O)c(S(=O)(=O)N2CCN(C(=O)Cn3ccc4cc([N+](=O)[O-])ccc43)CC2)c1. The number of hydrogen-bond acceptors (Lipinski definition) is 6. The van der Waals surface area contributed by atoms with Crippen LogP contribution in [-0.4, -0.2) is 64.3 Å². The number of aromatic nitrogens is 1. The van der Waals surface area contributed by atoms with Gasteiger partial charge >= 0.3 is 0 Å². The molecule has 0 saturated carbocycles. The van der Waals surface area contributed by atoms with Crippen molar-refractivity contribution in [3.8, 4) is 5.75 Å². The summed E-state index contributed by atoms with van der Waals surface area (Å²) in [6.45, 7) is 2.51. The Kier molecular flexibility index (Phi) is 5.61. The van der Waals surface area contributed by atoms with Crippen molar-refractivity contribution in [1.82, 2.24) is 13.8 Å². The highest BCUT2D eigenvalue weighted by molar-refractivity contribution is 7.89. The fourth-order valence-corrected chi connectivity index (χ4v) is 5.42. The third kappa shape index (κ3) is 4.04. The van der Waals surface area contributed by atoms with E-state index in [0.717, 1.165) is 5.56 Å². The Morgan fingerprint density at radius 2 is 1.81 bits per heavy atom.